The highest BCUT2D eigenvalue weighted by Crippen LogP contribution is 2.33. The van der Waals surface area contributed by atoms with Crippen molar-refractivity contribution in [2.24, 2.45) is 0 Å². The van der Waals surface area contributed by atoms with Gasteiger partial charge in [0.2, 0.25) is 5.95 Å². The van der Waals surface area contributed by atoms with E-state index < -0.39 is 11.7 Å². The van der Waals surface area contributed by atoms with Gasteiger partial charge < -0.3 is 5.73 Å². The Kier molecular flexibility index (Phi) is 2.88. The topological polar surface area (TPSA) is 51.8 Å². The van der Waals surface area contributed by atoms with E-state index in [0.717, 1.165) is 12.1 Å². The van der Waals surface area contributed by atoms with E-state index in [1.807, 2.05) is 13.8 Å². The number of hydrogen-bond donors (Lipinski definition) is 1. The molecule has 6 heteroatoms. The largest absolute Gasteiger partial charge is 0.416 e. The fourth-order valence-electron chi connectivity index (χ4n) is 1.79. The smallest absolute Gasteiger partial charge is 0.368 e. The van der Waals surface area contributed by atoms with E-state index in [2.05, 4.69) is 9.97 Å². The molecule has 0 atom stereocenters. The zero-order valence-electron chi connectivity index (χ0n) is 9.92. The van der Waals surface area contributed by atoms with Crippen molar-refractivity contribution < 1.29 is 13.2 Å². The lowest BCUT2D eigenvalue weighted by Gasteiger charge is -2.12. The molecule has 1 aromatic heterocycles. The minimum absolute atomic E-state index is 0.0266. The van der Waals surface area contributed by atoms with E-state index in [4.69, 9.17) is 5.73 Å². The Morgan fingerprint density at radius 3 is 2.39 bits per heavy atom. The Bertz CT molecular complexity index is 591. The maximum Gasteiger partial charge on any atom is 0.416 e. The number of alkyl halides is 3. The van der Waals surface area contributed by atoms with Gasteiger partial charge in [-0.25, -0.2) is 9.97 Å². The van der Waals surface area contributed by atoms with Gasteiger partial charge in [-0.2, -0.15) is 13.2 Å². The molecule has 0 amide bonds. The van der Waals surface area contributed by atoms with Crippen LogP contribution in [0, 0.1) is 0 Å². The number of benzene rings is 1. The third-order valence-corrected chi connectivity index (χ3v) is 2.62. The molecular weight excluding hydrogens is 243 g/mol. The van der Waals surface area contributed by atoms with Gasteiger partial charge in [0.25, 0.3) is 0 Å². The summed E-state index contributed by atoms with van der Waals surface area (Å²) < 4.78 is 38.0. The third-order valence-electron chi connectivity index (χ3n) is 2.62. The van der Waals surface area contributed by atoms with E-state index in [-0.39, 0.29) is 11.9 Å². The van der Waals surface area contributed by atoms with Gasteiger partial charge in [-0.1, -0.05) is 13.8 Å². The minimum atomic E-state index is -4.37. The van der Waals surface area contributed by atoms with Crippen molar-refractivity contribution in [3.05, 3.63) is 29.5 Å². The van der Waals surface area contributed by atoms with Crippen LogP contribution in [0.15, 0.2) is 18.2 Å². The quantitative estimate of drug-likeness (QED) is 0.850. The molecule has 0 unspecified atom stereocenters. The van der Waals surface area contributed by atoms with Gasteiger partial charge in [-0.05, 0) is 24.1 Å². The lowest BCUT2D eigenvalue weighted by molar-refractivity contribution is -0.137. The second-order valence-corrected chi connectivity index (χ2v) is 4.35. The normalized spacial score (nSPS) is 12.3. The summed E-state index contributed by atoms with van der Waals surface area (Å²) in [5.74, 6) is 0.0484. The maximum absolute atomic E-state index is 12.7. The summed E-state index contributed by atoms with van der Waals surface area (Å²) >= 11 is 0. The van der Waals surface area contributed by atoms with Crippen molar-refractivity contribution in [1.29, 1.82) is 0 Å². The van der Waals surface area contributed by atoms with Gasteiger partial charge in [-0.3, -0.25) is 0 Å². The van der Waals surface area contributed by atoms with Crippen LogP contribution >= 0.6 is 0 Å². The van der Waals surface area contributed by atoms with Crippen molar-refractivity contribution in [3.63, 3.8) is 0 Å². The molecule has 2 rings (SSSR count). The van der Waals surface area contributed by atoms with Crippen LogP contribution in [0.1, 0.15) is 31.0 Å². The number of fused-ring (bicyclic) bond motifs is 1. The number of anilines is 1. The Labute approximate surface area is 102 Å². The first kappa shape index (κ1) is 12.6. The minimum Gasteiger partial charge on any atom is -0.368 e. The standard InChI is InChI=1S/C12H12F3N3/c1-6(2)10-8-5-7(12(13,14)15)3-4-9(8)17-11(16)18-10/h3-6H,1-2H3,(H2,16,17,18). The molecule has 0 fully saturated rings. The Morgan fingerprint density at radius 1 is 1.17 bits per heavy atom. The molecule has 0 saturated carbocycles. The number of halogens is 3. The Morgan fingerprint density at radius 2 is 1.83 bits per heavy atom. The summed E-state index contributed by atoms with van der Waals surface area (Å²) in [5, 5.41) is 0.397. The fourth-order valence-corrected chi connectivity index (χ4v) is 1.79. The van der Waals surface area contributed by atoms with Crippen LogP contribution in [0.4, 0.5) is 19.1 Å². The predicted octanol–water partition coefficient (Wildman–Crippen LogP) is 3.35. The van der Waals surface area contributed by atoms with Crippen LogP contribution in [0.5, 0.6) is 0 Å². The van der Waals surface area contributed by atoms with Crippen LogP contribution in [-0.4, -0.2) is 9.97 Å². The molecule has 0 aliphatic rings. The molecule has 3 nitrogen and oxygen atoms in total. The lowest BCUT2D eigenvalue weighted by atomic mass is 10.0. The molecule has 0 saturated heterocycles. The van der Waals surface area contributed by atoms with E-state index >= 15 is 0 Å². The molecule has 1 aromatic carbocycles. The first-order chi connectivity index (χ1) is 8.29. The van der Waals surface area contributed by atoms with Crippen LogP contribution in [0.2, 0.25) is 0 Å². The molecule has 0 radical (unpaired) electrons. The molecular formula is C12H12F3N3. The van der Waals surface area contributed by atoms with E-state index in [1.165, 1.54) is 6.07 Å². The zero-order chi connectivity index (χ0) is 13.5. The van der Waals surface area contributed by atoms with Crippen molar-refractivity contribution in [2.75, 3.05) is 5.73 Å². The summed E-state index contributed by atoms with van der Waals surface area (Å²) in [4.78, 5) is 7.96. The number of nitrogen functional groups attached to an aromatic ring is 1. The lowest BCUT2D eigenvalue weighted by Crippen LogP contribution is -2.07. The monoisotopic (exact) mass is 255 g/mol. The molecule has 0 bridgehead atoms. The van der Waals surface area contributed by atoms with E-state index in [1.54, 1.807) is 0 Å². The van der Waals surface area contributed by atoms with Crippen molar-refractivity contribution >= 4 is 16.9 Å². The molecule has 96 valence electrons. The van der Waals surface area contributed by atoms with Crippen molar-refractivity contribution in [2.45, 2.75) is 25.9 Å². The third kappa shape index (κ3) is 2.23. The van der Waals surface area contributed by atoms with E-state index in [0.29, 0.717) is 16.6 Å². The molecule has 18 heavy (non-hydrogen) atoms. The number of aromatic nitrogens is 2. The second kappa shape index (κ2) is 4.12. The molecule has 0 aliphatic carbocycles. The first-order valence-electron chi connectivity index (χ1n) is 5.43. The van der Waals surface area contributed by atoms with Crippen LogP contribution in [-0.2, 0) is 6.18 Å². The van der Waals surface area contributed by atoms with Gasteiger partial charge >= 0.3 is 6.18 Å². The second-order valence-electron chi connectivity index (χ2n) is 4.35. The Balaban J connectivity index is 2.75. The highest BCUT2D eigenvalue weighted by Gasteiger charge is 2.31. The molecule has 0 aliphatic heterocycles. The molecule has 0 spiro atoms. The van der Waals surface area contributed by atoms with Crippen LogP contribution in [0.3, 0.4) is 0 Å². The molecule has 1 heterocycles. The highest BCUT2D eigenvalue weighted by atomic mass is 19.4. The fraction of sp³-hybridized carbons (Fsp3) is 0.333. The SMILES string of the molecule is CC(C)c1nc(N)nc2ccc(C(F)(F)F)cc12. The average Bonchev–Trinajstić information content (AvgIpc) is 2.25. The van der Waals surface area contributed by atoms with Gasteiger partial charge in [0.15, 0.2) is 0 Å². The van der Waals surface area contributed by atoms with Crippen molar-refractivity contribution in [3.8, 4) is 0 Å². The summed E-state index contributed by atoms with van der Waals surface area (Å²) in [6.07, 6.45) is -4.37. The van der Waals surface area contributed by atoms with Gasteiger partial charge in [0, 0.05) is 5.39 Å². The van der Waals surface area contributed by atoms with Crippen LogP contribution < -0.4 is 5.73 Å². The molecule has 2 N–H and O–H groups in total. The average molecular weight is 255 g/mol. The number of nitrogens with zero attached hydrogens (tertiary/aromatic N) is 2. The number of nitrogens with two attached hydrogens (primary N) is 1. The number of hydrogen-bond acceptors (Lipinski definition) is 3. The maximum atomic E-state index is 12.7. The summed E-state index contributed by atoms with van der Waals surface area (Å²) in [5.41, 5.74) is 5.80. The van der Waals surface area contributed by atoms with Gasteiger partial charge in [0.1, 0.15) is 0 Å². The van der Waals surface area contributed by atoms with E-state index in [9.17, 15) is 13.2 Å². The zero-order valence-corrected chi connectivity index (χ0v) is 9.92. The summed E-state index contributed by atoms with van der Waals surface area (Å²) in [6, 6.07) is 3.39. The number of rotatable bonds is 1. The summed E-state index contributed by atoms with van der Waals surface area (Å²) in [7, 11) is 0. The van der Waals surface area contributed by atoms with Gasteiger partial charge in [-0.15, -0.1) is 0 Å². The first-order valence-corrected chi connectivity index (χ1v) is 5.43. The summed E-state index contributed by atoms with van der Waals surface area (Å²) in [6.45, 7) is 3.70. The van der Waals surface area contributed by atoms with Crippen molar-refractivity contribution in [1.82, 2.24) is 9.97 Å². The van der Waals surface area contributed by atoms with Crippen LogP contribution in [0.25, 0.3) is 10.9 Å². The highest BCUT2D eigenvalue weighted by molar-refractivity contribution is 5.83. The predicted molar refractivity (Wildman–Crippen MR) is 63.0 cm³/mol. The van der Waals surface area contributed by atoms with Gasteiger partial charge in [0.05, 0.1) is 16.8 Å². The molecule has 2 aromatic rings. The Hall–Kier alpha value is -1.85.